The van der Waals surface area contributed by atoms with Crippen LogP contribution < -0.4 is 0 Å². The summed E-state index contributed by atoms with van der Waals surface area (Å²) >= 11 is 0. The standard InChI is InChI=1S/C48H51N3O5/c1-32(39-26-14-20-36-17-8-11-23-42(36)39)49(35(4)52)29-45(53)50(33(2)40-27-15-21-37-18-9-12-24-43(37)40)30-46(54)51(31-47(55)56-48(5,6)7)34(3)41-28-16-22-38-19-10-13-25-44(38)41/h8-28,32-34H,29-31H2,1-7H3/t32-,33+,34-/m0/s1. The van der Waals surface area contributed by atoms with Crippen molar-refractivity contribution in [2.24, 2.45) is 0 Å². The first-order valence-electron chi connectivity index (χ1n) is 19.2. The van der Waals surface area contributed by atoms with Crippen molar-refractivity contribution >= 4 is 56.0 Å². The van der Waals surface area contributed by atoms with Crippen LogP contribution in [0.3, 0.4) is 0 Å². The van der Waals surface area contributed by atoms with Gasteiger partial charge in [-0.3, -0.25) is 19.2 Å². The van der Waals surface area contributed by atoms with Crippen LogP contribution in [0.25, 0.3) is 32.3 Å². The molecule has 0 N–H and O–H groups in total. The molecule has 0 heterocycles. The van der Waals surface area contributed by atoms with E-state index in [-0.39, 0.29) is 25.5 Å². The molecule has 6 rings (SSSR count). The zero-order valence-corrected chi connectivity index (χ0v) is 33.4. The predicted molar refractivity (Wildman–Crippen MR) is 224 cm³/mol. The predicted octanol–water partition coefficient (Wildman–Crippen LogP) is 9.58. The van der Waals surface area contributed by atoms with Gasteiger partial charge in [0.05, 0.1) is 18.1 Å². The Morgan fingerprint density at radius 2 is 0.804 bits per heavy atom. The quantitative estimate of drug-likeness (QED) is 0.116. The molecule has 3 amide bonds. The van der Waals surface area contributed by atoms with E-state index in [1.54, 1.807) is 30.6 Å². The number of nitrogens with zero attached hydrogens (tertiary/aromatic N) is 3. The third-order valence-corrected chi connectivity index (χ3v) is 10.6. The highest BCUT2D eigenvalue weighted by Gasteiger charge is 2.34. The van der Waals surface area contributed by atoms with Gasteiger partial charge in [-0.25, -0.2) is 0 Å². The lowest BCUT2D eigenvalue weighted by atomic mass is 9.97. The number of hydrogen-bond donors (Lipinski definition) is 0. The monoisotopic (exact) mass is 749 g/mol. The largest absolute Gasteiger partial charge is 0.459 e. The Morgan fingerprint density at radius 1 is 0.482 bits per heavy atom. The minimum atomic E-state index is -0.768. The van der Waals surface area contributed by atoms with Crippen LogP contribution in [0.1, 0.15) is 83.3 Å². The second-order valence-electron chi connectivity index (χ2n) is 15.5. The summed E-state index contributed by atoms with van der Waals surface area (Å²) in [6, 6.07) is 40.1. The van der Waals surface area contributed by atoms with E-state index in [2.05, 4.69) is 0 Å². The van der Waals surface area contributed by atoms with Gasteiger partial charge in [-0.15, -0.1) is 0 Å². The maximum atomic E-state index is 14.9. The van der Waals surface area contributed by atoms with Crippen molar-refractivity contribution in [3.8, 4) is 0 Å². The number of carbonyl (C=O) groups is 4. The first-order valence-corrected chi connectivity index (χ1v) is 19.2. The average molecular weight is 750 g/mol. The first-order chi connectivity index (χ1) is 26.7. The number of benzene rings is 6. The number of carbonyl (C=O) groups excluding carboxylic acids is 4. The van der Waals surface area contributed by atoms with Gasteiger partial charge in [0.2, 0.25) is 17.7 Å². The van der Waals surface area contributed by atoms with Gasteiger partial charge in [0.15, 0.2) is 0 Å². The van der Waals surface area contributed by atoms with Crippen LogP contribution in [0.5, 0.6) is 0 Å². The third kappa shape index (κ3) is 8.76. The molecular weight excluding hydrogens is 699 g/mol. The second-order valence-corrected chi connectivity index (χ2v) is 15.5. The molecule has 0 saturated carbocycles. The van der Waals surface area contributed by atoms with Gasteiger partial charge < -0.3 is 19.4 Å². The smallest absolute Gasteiger partial charge is 0.326 e. The Bertz CT molecular complexity index is 2380. The molecule has 0 spiro atoms. The molecule has 0 aliphatic rings. The highest BCUT2D eigenvalue weighted by molar-refractivity contribution is 5.93. The van der Waals surface area contributed by atoms with Gasteiger partial charge in [0.25, 0.3) is 0 Å². The molecule has 0 unspecified atom stereocenters. The van der Waals surface area contributed by atoms with E-state index >= 15 is 0 Å². The summed E-state index contributed by atoms with van der Waals surface area (Å²) in [5, 5.41) is 5.96. The number of amides is 3. The first kappa shape index (κ1) is 39.7. The molecule has 0 fully saturated rings. The maximum absolute atomic E-state index is 14.9. The maximum Gasteiger partial charge on any atom is 0.326 e. The molecule has 288 valence electrons. The van der Waals surface area contributed by atoms with Crippen LogP contribution in [-0.4, -0.2) is 63.6 Å². The molecule has 0 radical (unpaired) electrons. The van der Waals surface area contributed by atoms with Gasteiger partial charge in [-0.05, 0) is 90.6 Å². The van der Waals surface area contributed by atoms with Crippen molar-refractivity contribution in [1.29, 1.82) is 0 Å². The van der Waals surface area contributed by atoms with Gasteiger partial charge in [0.1, 0.15) is 25.2 Å². The van der Waals surface area contributed by atoms with Crippen molar-refractivity contribution in [2.75, 3.05) is 19.6 Å². The summed E-state index contributed by atoms with van der Waals surface area (Å²) in [6.45, 7) is 11.7. The van der Waals surface area contributed by atoms with Crippen LogP contribution >= 0.6 is 0 Å². The molecule has 6 aromatic rings. The summed E-state index contributed by atoms with van der Waals surface area (Å²) in [5.74, 6) is -1.63. The number of ether oxygens (including phenoxy) is 1. The topological polar surface area (TPSA) is 87.2 Å². The van der Waals surface area contributed by atoms with E-state index in [4.69, 9.17) is 4.74 Å². The van der Waals surface area contributed by atoms with Gasteiger partial charge in [-0.1, -0.05) is 127 Å². The molecular formula is C48H51N3O5. The lowest BCUT2D eigenvalue weighted by Crippen LogP contribution is -2.50. The Morgan fingerprint density at radius 3 is 1.18 bits per heavy atom. The molecule has 56 heavy (non-hydrogen) atoms. The van der Waals surface area contributed by atoms with Crippen molar-refractivity contribution in [2.45, 2.75) is 72.2 Å². The Kier molecular flexibility index (Phi) is 11.9. The van der Waals surface area contributed by atoms with E-state index in [0.29, 0.717) is 0 Å². The van der Waals surface area contributed by atoms with Crippen LogP contribution in [0.15, 0.2) is 127 Å². The van der Waals surface area contributed by atoms with Crippen molar-refractivity contribution < 1.29 is 23.9 Å². The van der Waals surface area contributed by atoms with Crippen molar-refractivity contribution in [1.82, 2.24) is 14.7 Å². The molecule has 3 atom stereocenters. The minimum Gasteiger partial charge on any atom is -0.459 e. The van der Waals surface area contributed by atoms with Crippen LogP contribution in [-0.2, 0) is 23.9 Å². The number of esters is 1. The Balaban J connectivity index is 1.39. The Labute approximate surface area is 329 Å². The van der Waals surface area contributed by atoms with E-state index in [1.807, 2.05) is 148 Å². The van der Waals surface area contributed by atoms with Gasteiger partial charge in [0, 0.05) is 6.92 Å². The van der Waals surface area contributed by atoms with Crippen molar-refractivity contribution in [3.63, 3.8) is 0 Å². The molecule has 8 nitrogen and oxygen atoms in total. The van der Waals surface area contributed by atoms with E-state index in [1.165, 1.54) is 11.8 Å². The van der Waals surface area contributed by atoms with Gasteiger partial charge >= 0.3 is 5.97 Å². The summed E-state index contributed by atoms with van der Waals surface area (Å²) < 4.78 is 5.73. The highest BCUT2D eigenvalue weighted by Crippen LogP contribution is 2.33. The van der Waals surface area contributed by atoms with E-state index < -0.39 is 41.5 Å². The fourth-order valence-electron chi connectivity index (χ4n) is 7.74. The summed E-state index contributed by atoms with van der Waals surface area (Å²) in [4.78, 5) is 61.2. The molecule has 0 bridgehead atoms. The van der Waals surface area contributed by atoms with Gasteiger partial charge in [-0.2, -0.15) is 0 Å². The summed E-state index contributed by atoms with van der Waals surface area (Å²) in [6.07, 6.45) is 0. The molecule has 6 aromatic carbocycles. The average Bonchev–Trinajstić information content (AvgIpc) is 3.18. The molecule has 0 aromatic heterocycles. The lowest BCUT2D eigenvalue weighted by Gasteiger charge is -2.37. The normalized spacial score (nSPS) is 13.2. The molecule has 8 heteroatoms. The van der Waals surface area contributed by atoms with Crippen LogP contribution in [0.2, 0.25) is 0 Å². The molecule has 0 aliphatic carbocycles. The zero-order valence-electron chi connectivity index (χ0n) is 33.4. The number of fused-ring (bicyclic) bond motifs is 3. The van der Waals surface area contributed by atoms with E-state index in [0.717, 1.165) is 49.0 Å². The Hall–Kier alpha value is -6.02. The number of rotatable bonds is 12. The fourth-order valence-corrected chi connectivity index (χ4v) is 7.74. The van der Waals surface area contributed by atoms with Crippen LogP contribution in [0, 0.1) is 0 Å². The minimum absolute atomic E-state index is 0.257. The van der Waals surface area contributed by atoms with Crippen molar-refractivity contribution in [3.05, 3.63) is 144 Å². The zero-order chi connectivity index (χ0) is 40.1. The summed E-state index contributed by atoms with van der Waals surface area (Å²) in [7, 11) is 0. The fraction of sp³-hybridized carbons (Fsp3) is 0.292. The summed E-state index contributed by atoms with van der Waals surface area (Å²) in [5.41, 5.74) is 1.88. The SMILES string of the molecule is CC(=O)N(CC(=O)N(CC(=O)N(CC(=O)OC(C)(C)C)[C@@H](C)c1cccc2ccccc12)[C@H](C)c1cccc2ccccc12)[C@@H](C)c1cccc2ccccc12. The van der Waals surface area contributed by atoms with Crippen LogP contribution in [0.4, 0.5) is 0 Å². The lowest BCUT2D eigenvalue weighted by molar-refractivity contribution is -0.160. The van der Waals surface area contributed by atoms with E-state index in [9.17, 15) is 19.2 Å². The molecule has 0 saturated heterocycles. The molecule has 0 aliphatic heterocycles. The second kappa shape index (κ2) is 16.8. The third-order valence-electron chi connectivity index (χ3n) is 10.6. The highest BCUT2D eigenvalue weighted by atomic mass is 16.6. The number of hydrogen-bond acceptors (Lipinski definition) is 5.